The van der Waals surface area contributed by atoms with Crippen LogP contribution in [0.2, 0.25) is 0 Å². The number of piperazine rings is 1. The van der Waals surface area contributed by atoms with Gasteiger partial charge in [-0.3, -0.25) is 9.80 Å². The van der Waals surface area contributed by atoms with Crippen LogP contribution in [0.15, 0.2) is 91.0 Å². The largest absolute Gasteiger partial charge is 0.399 e. The van der Waals surface area contributed by atoms with Crippen molar-refractivity contribution in [2.45, 2.75) is 6.10 Å². The third kappa shape index (κ3) is 6.54. The fraction of sp³-hybridized carbons (Fsp3) is 0.286. The minimum absolute atomic E-state index is 0.0177. The van der Waals surface area contributed by atoms with Crippen LogP contribution in [0.5, 0.6) is 0 Å². The van der Waals surface area contributed by atoms with E-state index in [1.807, 2.05) is 18.2 Å². The maximum absolute atomic E-state index is 6.39. The lowest BCUT2D eigenvalue weighted by atomic mass is 10.0. The zero-order chi connectivity index (χ0) is 22.0. The summed E-state index contributed by atoms with van der Waals surface area (Å²) in [6.07, 6.45) is 4.37. The molecule has 0 unspecified atom stereocenters. The van der Waals surface area contributed by atoms with E-state index in [4.69, 9.17) is 10.5 Å². The fourth-order valence-electron chi connectivity index (χ4n) is 4.14. The first-order valence-electron chi connectivity index (χ1n) is 11.5. The van der Waals surface area contributed by atoms with Crippen LogP contribution < -0.4 is 5.73 Å². The zero-order valence-electron chi connectivity index (χ0n) is 18.6. The lowest BCUT2D eigenvalue weighted by Gasteiger charge is -2.34. The number of nitrogens with zero attached hydrogens (tertiary/aromatic N) is 2. The Bertz CT molecular complexity index is 927. The molecule has 1 fully saturated rings. The lowest BCUT2D eigenvalue weighted by Crippen LogP contribution is -2.47. The monoisotopic (exact) mass is 427 g/mol. The Labute approximate surface area is 191 Å². The van der Waals surface area contributed by atoms with Gasteiger partial charge in [-0.15, -0.1) is 0 Å². The van der Waals surface area contributed by atoms with Crippen molar-refractivity contribution in [3.8, 4) is 0 Å². The molecule has 0 aliphatic carbocycles. The van der Waals surface area contributed by atoms with E-state index < -0.39 is 0 Å². The van der Waals surface area contributed by atoms with Gasteiger partial charge < -0.3 is 10.5 Å². The molecule has 3 aromatic carbocycles. The Morgan fingerprint density at radius 3 is 2.03 bits per heavy atom. The van der Waals surface area contributed by atoms with Gasteiger partial charge in [-0.1, -0.05) is 84.9 Å². The van der Waals surface area contributed by atoms with Gasteiger partial charge in [0.05, 0.1) is 6.61 Å². The van der Waals surface area contributed by atoms with Gasteiger partial charge in [0.25, 0.3) is 0 Å². The van der Waals surface area contributed by atoms with E-state index in [2.05, 4.69) is 88.7 Å². The first-order valence-corrected chi connectivity index (χ1v) is 11.5. The molecule has 1 aliphatic rings. The second-order valence-electron chi connectivity index (χ2n) is 8.29. The highest BCUT2D eigenvalue weighted by molar-refractivity contribution is 5.55. The molecule has 0 atom stereocenters. The molecule has 1 saturated heterocycles. The number of hydrogen-bond donors (Lipinski definition) is 1. The van der Waals surface area contributed by atoms with Gasteiger partial charge >= 0.3 is 0 Å². The maximum atomic E-state index is 6.39. The van der Waals surface area contributed by atoms with E-state index in [9.17, 15) is 0 Å². The van der Waals surface area contributed by atoms with Crippen LogP contribution in [-0.4, -0.2) is 55.7 Å². The Morgan fingerprint density at radius 1 is 0.781 bits per heavy atom. The Morgan fingerprint density at radius 2 is 1.41 bits per heavy atom. The molecule has 0 aromatic heterocycles. The highest BCUT2D eigenvalue weighted by atomic mass is 16.5. The van der Waals surface area contributed by atoms with Crippen LogP contribution in [0.4, 0.5) is 5.69 Å². The molecule has 0 radical (unpaired) electrons. The Hall–Kier alpha value is -2.92. The zero-order valence-corrected chi connectivity index (χ0v) is 18.6. The molecule has 0 saturated carbocycles. The van der Waals surface area contributed by atoms with Crippen LogP contribution in [0.1, 0.15) is 22.8 Å². The van der Waals surface area contributed by atoms with Gasteiger partial charge in [-0.25, -0.2) is 0 Å². The first-order chi connectivity index (χ1) is 15.8. The van der Waals surface area contributed by atoms with E-state index in [1.54, 1.807) is 0 Å². The van der Waals surface area contributed by atoms with Gasteiger partial charge in [-0.2, -0.15) is 0 Å². The lowest BCUT2D eigenvalue weighted by molar-refractivity contribution is 0.0468. The number of hydrogen-bond acceptors (Lipinski definition) is 4. The van der Waals surface area contributed by atoms with Gasteiger partial charge in [0.1, 0.15) is 6.10 Å². The first kappa shape index (κ1) is 22.3. The third-order valence-corrected chi connectivity index (χ3v) is 5.95. The maximum Gasteiger partial charge on any atom is 0.108 e. The highest BCUT2D eigenvalue weighted by Gasteiger charge is 2.18. The van der Waals surface area contributed by atoms with Crippen molar-refractivity contribution in [3.05, 3.63) is 108 Å². The van der Waals surface area contributed by atoms with Crippen molar-refractivity contribution in [2.75, 3.05) is 51.6 Å². The van der Waals surface area contributed by atoms with E-state index >= 15 is 0 Å². The average Bonchev–Trinajstić information content (AvgIpc) is 2.84. The van der Waals surface area contributed by atoms with Crippen LogP contribution >= 0.6 is 0 Å². The number of ether oxygens (including phenoxy) is 1. The summed E-state index contributed by atoms with van der Waals surface area (Å²) in [5, 5.41) is 0. The van der Waals surface area contributed by atoms with Crippen molar-refractivity contribution in [3.63, 3.8) is 0 Å². The molecule has 4 nitrogen and oxygen atoms in total. The Kier molecular flexibility index (Phi) is 8.10. The van der Waals surface area contributed by atoms with E-state index in [0.29, 0.717) is 0 Å². The third-order valence-electron chi connectivity index (χ3n) is 5.95. The van der Waals surface area contributed by atoms with Gasteiger partial charge in [-0.05, 0) is 28.8 Å². The molecule has 4 rings (SSSR count). The molecular weight excluding hydrogens is 394 g/mol. The SMILES string of the molecule is Nc1cccc(/C=C/CN2CCN(CCOC(c3ccccc3)c3ccccc3)CC2)c1. The molecule has 3 aromatic rings. The molecule has 1 heterocycles. The summed E-state index contributed by atoms with van der Waals surface area (Å²) in [5.74, 6) is 0. The average molecular weight is 428 g/mol. The molecule has 1 aliphatic heterocycles. The van der Waals surface area contributed by atoms with Crippen molar-refractivity contribution in [2.24, 2.45) is 0 Å². The summed E-state index contributed by atoms with van der Waals surface area (Å²) in [7, 11) is 0. The van der Waals surface area contributed by atoms with Crippen LogP contribution in [-0.2, 0) is 4.74 Å². The van der Waals surface area contributed by atoms with Gasteiger partial charge in [0, 0.05) is 45.0 Å². The summed E-state index contributed by atoms with van der Waals surface area (Å²) in [6, 6.07) is 29.0. The number of rotatable bonds is 9. The van der Waals surface area contributed by atoms with Gasteiger partial charge in [0.2, 0.25) is 0 Å². The van der Waals surface area contributed by atoms with Crippen LogP contribution in [0, 0.1) is 0 Å². The summed E-state index contributed by atoms with van der Waals surface area (Å²) in [6.45, 7) is 6.99. The van der Waals surface area contributed by atoms with Crippen molar-refractivity contribution < 1.29 is 4.74 Å². The van der Waals surface area contributed by atoms with Crippen LogP contribution in [0.3, 0.4) is 0 Å². The number of nitrogen functional groups attached to an aromatic ring is 1. The molecule has 32 heavy (non-hydrogen) atoms. The fourth-order valence-corrected chi connectivity index (χ4v) is 4.14. The standard InChI is InChI=1S/C28H33N3O/c29-27-15-7-9-24(23-27)10-8-16-30-17-19-31(20-18-30)21-22-32-28(25-11-3-1-4-12-25)26-13-5-2-6-14-26/h1-15,23,28H,16-22,29H2/b10-8+. The van der Waals surface area contributed by atoms with Crippen molar-refractivity contribution >= 4 is 11.8 Å². The predicted molar refractivity (Wildman–Crippen MR) is 133 cm³/mol. The molecule has 166 valence electrons. The van der Waals surface area contributed by atoms with Crippen molar-refractivity contribution in [1.29, 1.82) is 0 Å². The normalized spacial score (nSPS) is 15.5. The Balaban J connectivity index is 1.22. The summed E-state index contributed by atoms with van der Waals surface area (Å²) < 4.78 is 6.39. The number of anilines is 1. The molecule has 0 bridgehead atoms. The second kappa shape index (κ2) is 11.6. The number of nitrogens with two attached hydrogens (primary N) is 1. The minimum Gasteiger partial charge on any atom is -0.399 e. The minimum atomic E-state index is -0.0177. The van der Waals surface area contributed by atoms with E-state index in [0.717, 1.165) is 57.1 Å². The quantitative estimate of drug-likeness (QED) is 0.503. The predicted octanol–water partition coefficient (Wildman–Crippen LogP) is 4.71. The summed E-state index contributed by atoms with van der Waals surface area (Å²) in [5.41, 5.74) is 10.2. The van der Waals surface area contributed by atoms with Gasteiger partial charge in [0.15, 0.2) is 0 Å². The summed E-state index contributed by atoms with van der Waals surface area (Å²) >= 11 is 0. The second-order valence-corrected chi connectivity index (χ2v) is 8.29. The smallest absolute Gasteiger partial charge is 0.108 e. The molecule has 2 N–H and O–H groups in total. The van der Waals surface area contributed by atoms with E-state index in [1.165, 1.54) is 11.1 Å². The molecule has 4 heteroatoms. The highest BCUT2D eigenvalue weighted by Crippen LogP contribution is 2.25. The molecule has 0 amide bonds. The van der Waals surface area contributed by atoms with E-state index in [-0.39, 0.29) is 6.10 Å². The summed E-state index contributed by atoms with van der Waals surface area (Å²) in [4.78, 5) is 5.00. The number of benzene rings is 3. The molecular formula is C28H33N3O. The van der Waals surface area contributed by atoms with Crippen LogP contribution in [0.25, 0.3) is 6.08 Å². The van der Waals surface area contributed by atoms with Crippen molar-refractivity contribution in [1.82, 2.24) is 9.80 Å². The topological polar surface area (TPSA) is 41.7 Å². The molecule has 0 spiro atoms.